The summed E-state index contributed by atoms with van der Waals surface area (Å²) in [5, 5.41) is 3.47. The first-order valence-corrected chi connectivity index (χ1v) is 6.77. The maximum absolute atomic E-state index is 12.1. The van der Waals surface area contributed by atoms with E-state index in [1.54, 1.807) is 19.2 Å². The molecule has 1 fully saturated rings. The van der Waals surface area contributed by atoms with Crippen molar-refractivity contribution in [2.75, 3.05) is 7.11 Å². The number of aromatic nitrogens is 1. The highest BCUT2D eigenvalue weighted by atomic mass is 35.5. The van der Waals surface area contributed by atoms with Crippen LogP contribution in [0.3, 0.4) is 0 Å². The molecule has 1 aliphatic rings. The molecule has 1 amide bonds. The van der Waals surface area contributed by atoms with Crippen LogP contribution in [0.1, 0.15) is 30.8 Å². The van der Waals surface area contributed by atoms with E-state index in [1.165, 1.54) is 0 Å². The topological polar surface area (TPSA) is 51.2 Å². The lowest BCUT2D eigenvalue weighted by Gasteiger charge is -2.51. The highest BCUT2D eigenvalue weighted by molar-refractivity contribution is 6.34. The van der Waals surface area contributed by atoms with E-state index >= 15 is 0 Å². The summed E-state index contributed by atoms with van der Waals surface area (Å²) in [5.74, 6) is -0.305. The highest BCUT2D eigenvalue weighted by Crippen LogP contribution is 2.42. The third-order valence-electron chi connectivity index (χ3n) is 3.79. The van der Waals surface area contributed by atoms with Crippen LogP contribution in [-0.2, 0) is 4.74 Å². The summed E-state index contributed by atoms with van der Waals surface area (Å²) in [6, 6.07) is 3.16. The number of ether oxygens (including phenoxy) is 1. The molecule has 104 valence electrons. The molecule has 0 radical (unpaired) electrons. The van der Waals surface area contributed by atoms with Crippen LogP contribution >= 0.6 is 23.2 Å². The summed E-state index contributed by atoms with van der Waals surface area (Å²) in [6.45, 7) is 4.12. The first kappa shape index (κ1) is 14.6. The van der Waals surface area contributed by atoms with E-state index in [2.05, 4.69) is 24.1 Å². The fraction of sp³-hybridized carbons (Fsp3) is 0.538. The predicted molar refractivity (Wildman–Crippen MR) is 74.7 cm³/mol. The van der Waals surface area contributed by atoms with Crippen molar-refractivity contribution >= 4 is 29.1 Å². The minimum Gasteiger partial charge on any atom is -0.381 e. The van der Waals surface area contributed by atoms with Crippen LogP contribution in [0.15, 0.2) is 12.1 Å². The van der Waals surface area contributed by atoms with E-state index < -0.39 is 0 Å². The molecule has 0 aromatic carbocycles. The van der Waals surface area contributed by atoms with E-state index in [0.29, 0.717) is 5.02 Å². The number of carbonyl (C=O) groups excluding carboxylic acids is 1. The van der Waals surface area contributed by atoms with Gasteiger partial charge in [0.25, 0.3) is 5.91 Å². The van der Waals surface area contributed by atoms with Gasteiger partial charge in [0.15, 0.2) is 0 Å². The summed E-state index contributed by atoms with van der Waals surface area (Å²) in [6.07, 6.45) is 0.938. The van der Waals surface area contributed by atoms with E-state index in [4.69, 9.17) is 27.9 Å². The third kappa shape index (κ3) is 2.71. The molecule has 1 aromatic heterocycles. The van der Waals surface area contributed by atoms with Crippen molar-refractivity contribution < 1.29 is 9.53 Å². The summed E-state index contributed by atoms with van der Waals surface area (Å²) in [5.41, 5.74) is 0.0565. The van der Waals surface area contributed by atoms with Crippen molar-refractivity contribution in [1.29, 1.82) is 0 Å². The van der Waals surface area contributed by atoms with Gasteiger partial charge in [-0.2, -0.15) is 0 Å². The minimum absolute atomic E-state index is 0.0433. The molecule has 1 saturated carbocycles. The zero-order chi connectivity index (χ0) is 14.2. The molecule has 2 rings (SSSR count). The zero-order valence-electron chi connectivity index (χ0n) is 11.0. The minimum atomic E-state index is -0.305. The van der Waals surface area contributed by atoms with E-state index in [1.807, 2.05) is 0 Å². The first-order chi connectivity index (χ1) is 8.86. The number of nitrogens with zero attached hydrogens (tertiary/aromatic N) is 1. The maximum Gasteiger partial charge on any atom is 0.271 e. The van der Waals surface area contributed by atoms with Gasteiger partial charge in [0.1, 0.15) is 10.8 Å². The lowest BCUT2D eigenvalue weighted by Crippen LogP contribution is -2.61. The lowest BCUT2D eigenvalue weighted by molar-refractivity contribution is -0.0942. The number of amides is 1. The van der Waals surface area contributed by atoms with Gasteiger partial charge >= 0.3 is 0 Å². The molecular weight excluding hydrogens is 287 g/mol. The molecule has 0 bridgehead atoms. The monoisotopic (exact) mass is 302 g/mol. The molecule has 4 nitrogen and oxygen atoms in total. The molecule has 1 heterocycles. The van der Waals surface area contributed by atoms with Gasteiger partial charge in [0.05, 0.1) is 11.1 Å². The largest absolute Gasteiger partial charge is 0.381 e. The smallest absolute Gasteiger partial charge is 0.271 e. The summed E-state index contributed by atoms with van der Waals surface area (Å²) < 4.78 is 5.35. The molecule has 2 atom stereocenters. The number of methoxy groups -OCH3 is 1. The summed E-state index contributed by atoms with van der Waals surface area (Å²) >= 11 is 11.7. The Kier molecular flexibility index (Phi) is 4.04. The number of nitrogens with one attached hydrogen (secondary N) is 1. The second-order valence-electron chi connectivity index (χ2n) is 5.27. The van der Waals surface area contributed by atoms with Gasteiger partial charge in [-0.1, -0.05) is 37.0 Å². The Morgan fingerprint density at radius 2 is 2.16 bits per heavy atom. The van der Waals surface area contributed by atoms with Gasteiger partial charge in [0.2, 0.25) is 0 Å². The first-order valence-electron chi connectivity index (χ1n) is 6.02. The fourth-order valence-corrected chi connectivity index (χ4v) is 2.67. The number of halogens is 2. The van der Waals surface area contributed by atoms with Gasteiger partial charge in [-0.05, 0) is 18.6 Å². The maximum atomic E-state index is 12.1. The molecule has 0 spiro atoms. The average molecular weight is 303 g/mol. The molecule has 1 aliphatic carbocycles. The lowest BCUT2D eigenvalue weighted by atomic mass is 9.64. The van der Waals surface area contributed by atoms with Crippen molar-refractivity contribution in [1.82, 2.24) is 10.3 Å². The van der Waals surface area contributed by atoms with Gasteiger partial charge in [-0.15, -0.1) is 0 Å². The predicted octanol–water partition coefficient (Wildman–Crippen LogP) is 2.93. The van der Waals surface area contributed by atoms with Crippen molar-refractivity contribution in [2.24, 2.45) is 5.41 Å². The standard InChI is InChI=1S/C13H16Cl2N2O2/c1-13(2)8(6-9(13)19-3)16-12(18)11-7(14)4-5-10(15)17-11/h4-5,8-9H,6H2,1-3H3,(H,16,18). The molecule has 1 N–H and O–H groups in total. The van der Waals surface area contributed by atoms with Crippen molar-refractivity contribution in [3.8, 4) is 0 Å². The third-order valence-corrected chi connectivity index (χ3v) is 4.31. The fourth-order valence-electron chi connectivity index (χ4n) is 2.33. The van der Waals surface area contributed by atoms with Crippen LogP contribution in [-0.4, -0.2) is 30.1 Å². The Balaban J connectivity index is 2.09. The molecular formula is C13H16Cl2N2O2. The zero-order valence-corrected chi connectivity index (χ0v) is 12.5. The molecule has 19 heavy (non-hydrogen) atoms. The Labute approximate surface area is 122 Å². The molecule has 6 heteroatoms. The molecule has 1 aromatic rings. The van der Waals surface area contributed by atoms with Crippen LogP contribution in [0, 0.1) is 5.41 Å². The Hall–Kier alpha value is -0.840. The average Bonchev–Trinajstić information content (AvgIpc) is 2.36. The van der Waals surface area contributed by atoms with Gasteiger partial charge in [-0.25, -0.2) is 4.98 Å². The second kappa shape index (κ2) is 5.27. The summed E-state index contributed by atoms with van der Waals surface area (Å²) in [4.78, 5) is 16.1. The van der Waals surface area contributed by atoms with Crippen LogP contribution in [0.4, 0.5) is 0 Å². The van der Waals surface area contributed by atoms with E-state index in [-0.39, 0.29) is 34.3 Å². The van der Waals surface area contributed by atoms with Crippen LogP contribution in [0.5, 0.6) is 0 Å². The molecule has 0 aliphatic heterocycles. The molecule has 0 saturated heterocycles. The SMILES string of the molecule is COC1CC(NC(=O)c2nc(Cl)ccc2Cl)C1(C)C. The number of hydrogen-bond acceptors (Lipinski definition) is 3. The summed E-state index contributed by atoms with van der Waals surface area (Å²) in [7, 11) is 1.68. The van der Waals surface area contributed by atoms with Gasteiger partial charge < -0.3 is 10.1 Å². The quantitative estimate of drug-likeness (QED) is 0.874. The van der Waals surface area contributed by atoms with Gasteiger partial charge in [0, 0.05) is 18.6 Å². The normalized spacial score (nSPS) is 24.7. The Bertz CT molecular complexity index is 505. The van der Waals surface area contributed by atoms with Crippen molar-refractivity contribution in [3.05, 3.63) is 28.0 Å². The Morgan fingerprint density at radius 1 is 1.47 bits per heavy atom. The molecule has 2 unspecified atom stereocenters. The number of rotatable bonds is 3. The Morgan fingerprint density at radius 3 is 2.74 bits per heavy atom. The van der Waals surface area contributed by atoms with Crippen LogP contribution in [0.2, 0.25) is 10.2 Å². The van der Waals surface area contributed by atoms with Crippen molar-refractivity contribution in [2.45, 2.75) is 32.4 Å². The number of pyridine rings is 1. The second-order valence-corrected chi connectivity index (χ2v) is 6.07. The van der Waals surface area contributed by atoms with Crippen molar-refractivity contribution in [3.63, 3.8) is 0 Å². The van der Waals surface area contributed by atoms with Crippen LogP contribution < -0.4 is 5.32 Å². The highest BCUT2D eigenvalue weighted by Gasteiger charge is 2.49. The number of hydrogen-bond donors (Lipinski definition) is 1. The number of carbonyl (C=O) groups is 1. The van der Waals surface area contributed by atoms with Gasteiger partial charge in [-0.3, -0.25) is 4.79 Å². The van der Waals surface area contributed by atoms with Crippen LogP contribution in [0.25, 0.3) is 0 Å². The van der Waals surface area contributed by atoms with E-state index in [9.17, 15) is 4.79 Å². The van der Waals surface area contributed by atoms with E-state index in [0.717, 1.165) is 6.42 Å².